The lowest BCUT2D eigenvalue weighted by atomic mass is 10.3. The number of imidazole rings is 1. The predicted molar refractivity (Wildman–Crippen MR) is 72.5 cm³/mol. The van der Waals surface area contributed by atoms with Crippen LogP contribution in [0.4, 0.5) is 4.39 Å². The number of para-hydroxylation sites is 1. The maximum atomic E-state index is 13.7. The normalized spacial score (nSPS) is 13.4. The zero-order valence-corrected chi connectivity index (χ0v) is 11.6. The number of halogens is 2. The van der Waals surface area contributed by atoms with E-state index in [1.807, 2.05) is 31.7 Å². The Hall–Kier alpha value is -1.13. The highest BCUT2D eigenvalue weighted by molar-refractivity contribution is 6.20. The predicted octanol–water partition coefficient (Wildman–Crippen LogP) is 3.04. The minimum absolute atomic E-state index is 0.237. The first-order valence-electron chi connectivity index (χ1n) is 5.94. The standard InChI is InChI=1S/C13H17ClFN3/c1-9(14)13-16-12-10(15)5-4-6-11(12)18(13)8-7-17(2)3/h4-6,9H,7-8H2,1-3H3. The summed E-state index contributed by atoms with van der Waals surface area (Å²) in [6.07, 6.45) is 0. The summed E-state index contributed by atoms with van der Waals surface area (Å²) in [6, 6.07) is 5.01. The third-order valence-corrected chi connectivity index (χ3v) is 3.08. The summed E-state index contributed by atoms with van der Waals surface area (Å²) in [5.41, 5.74) is 1.21. The van der Waals surface area contributed by atoms with Crippen LogP contribution in [0, 0.1) is 5.82 Å². The van der Waals surface area contributed by atoms with Gasteiger partial charge in [0.05, 0.1) is 10.9 Å². The minimum Gasteiger partial charge on any atom is -0.325 e. The highest BCUT2D eigenvalue weighted by atomic mass is 35.5. The fourth-order valence-corrected chi connectivity index (χ4v) is 2.14. The molecule has 1 aromatic heterocycles. The maximum absolute atomic E-state index is 13.7. The number of rotatable bonds is 4. The molecule has 0 amide bonds. The fourth-order valence-electron chi connectivity index (χ4n) is 1.97. The molecule has 0 saturated carbocycles. The van der Waals surface area contributed by atoms with Gasteiger partial charge in [0.2, 0.25) is 0 Å². The molecule has 0 bridgehead atoms. The van der Waals surface area contributed by atoms with Gasteiger partial charge in [-0.3, -0.25) is 0 Å². The highest BCUT2D eigenvalue weighted by Crippen LogP contribution is 2.25. The van der Waals surface area contributed by atoms with Crippen molar-refractivity contribution >= 4 is 22.6 Å². The third kappa shape index (κ3) is 2.49. The Kier molecular flexibility index (Phi) is 3.88. The second-order valence-corrected chi connectivity index (χ2v) is 5.30. The van der Waals surface area contributed by atoms with Gasteiger partial charge in [0.25, 0.3) is 0 Å². The summed E-state index contributed by atoms with van der Waals surface area (Å²) in [5, 5.41) is -0.237. The van der Waals surface area contributed by atoms with Crippen LogP contribution >= 0.6 is 11.6 Å². The molecule has 1 aromatic carbocycles. The molecule has 1 unspecified atom stereocenters. The Bertz CT molecular complexity index is 548. The number of benzene rings is 1. The SMILES string of the molecule is CC(Cl)c1nc2c(F)cccc2n1CCN(C)C. The summed E-state index contributed by atoms with van der Waals surface area (Å²) in [7, 11) is 4.01. The Morgan fingerprint density at radius 2 is 2.17 bits per heavy atom. The van der Waals surface area contributed by atoms with E-state index in [0.29, 0.717) is 5.52 Å². The molecule has 2 rings (SSSR count). The molecule has 18 heavy (non-hydrogen) atoms. The number of alkyl halides is 1. The highest BCUT2D eigenvalue weighted by Gasteiger charge is 2.16. The van der Waals surface area contributed by atoms with Crippen LogP contribution in [0.5, 0.6) is 0 Å². The smallest absolute Gasteiger partial charge is 0.151 e. The Morgan fingerprint density at radius 3 is 2.78 bits per heavy atom. The minimum atomic E-state index is -0.297. The lowest BCUT2D eigenvalue weighted by Crippen LogP contribution is -2.19. The number of hydrogen-bond acceptors (Lipinski definition) is 2. The molecule has 0 aliphatic heterocycles. The van der Waals surface area contributed by atoms with E-state index in [9.17, 15) is 4.39 Å². The molecule has 0 aliphatic carbocycles. The van der Waals surface area contributed by atoms with Crippen LogP contribution in [0.2, 0.25) is 0 Å². The summed E-state index contributed by atoms with van der Waals surface area (Å²) in [4.78, 5) is 6.40. The molecule has 5 heteroatoms. The van der Waals surface area contributed by atoms with E-state index in [1.54, 1.807) is 6.07 Å². The number of hydrogen-bond donors (Lipinski definition) is 0. The van der Waals surface area contributed by atoms with Crippen molar-refractivity contribution in [2.24, 2.45) is 0 Å². The Morgan fingerprint density at radius 1 is 1.44 bits per heavy atom. The largest absolute Gasteiger partial charge is 0.325 e. The van der Waals surface area contributed by atoms with Crippen molar-refractivity contribution in [2.75, 3.05) is 20.6 Å². The molecule has 1 heterocycles. The van der Waals surface area contributed by atoms with Crippen LogP contribution in [0.25, 0.3) is 11.0 Å². The van der Waals surface area contributed by atoms with Crippen LogP contribution in [0.3, 0.4) is 0 Å². The molecule has 0 fully saturated rings. The van der Waals surface area contributed by atoms with E-state index in [-0.39, 0.29) is 11.2 Å². The number of nitrogens with zero attached hydrogens (tertiary/aromatic N) is 3. The van der Waals surface area contributed by atoms with E-state index in [1.165, 1.54) is 6.07 Å². The van der Waals surface area contributed by atoms with Gasteiger partial charge in [-0.2, -0.15) is 0 Å². The van der Waals surface area contributed by atoms with Crippen molar-refractivity contribution in [3.8, 4) is 0 Å². The average Bonchev–Trinajstić information content (AvgIpc) is 2.66. The molecule has 2 aromatic rings. The second-order valence-electron chi connectivity index (χ2n) is 4.65. The summed E-state index contributed by atoms with van der Waals surface area (Å²) < 4.78 is 15.7. The Balaban J connectivity index is 2.52. The van der Waals surface area contributed by atoms with Gasteiger partial charge < -0.3 is 9.47 Å². The topological polar surface area (TPSA) is 21.1 Å². The van der Waals surface area contributed by atoms with Crippen LogP contribution < -0.4 is 0 Å². The van der Waals surface area contributed by atoms with E-state index in [2.05, 4.69) is 9.88 Å². The quantitative estimate of drug-likeness (QED) is 0.796. The number of aromatic nitrogens is 2. The molecule has 0 radical (unpaired) electrons. The van der Waals surface area contributed by atoms with E-state index < -0.39 is 0 Å². The van der Waals surface area contributed by atoms with Crippen molar-refractivity contribution in [3.05, 3.63) is 29.8 Å². The Labute approximate surface area is 111 Å². The second kappa shape index (κ2) is 5.24. The lowest BCUT2D eigenvalue weighted by molar-refractivity contribution is 0.383. The van der Waals surface area contributed by atoms with Gasteiger partial charge in [-0.05, 0) is 33.2 Å². The molecule has 98 valence electrons. The monoisotopic (exact) mass is 269 g/mol. The third-order valence-electron chi connectivity index (χ3n) is 2.89. The average molecular weight is 270 g/mol. The van der Waals surface area contributed by atoms with E-state index in [4.69, 9.17) is 11.6 Å². The fraction of sp³-hybridized carbons (Fsp3) is 0.462. The first-order valence-corrected chi connectivity index (χ1v) is 6.37. The molecule has 3 nitrogen and oxygen atoms in total. The lowest BCUT2D eigenvalue weighted by Gasteiger charge is -2.14. The summed E-state index contributed by atoms with van der Waals surface area (Å²) >= 11 is 6.13. The molecule has 0 saturated heterocycles. The molecule has 0 N–H and O–H groups in total. The number of fused-ring (bicyclic) bond motifs is 1. The number of likely N-dealkylation sites (N-methyl/N-ethyl adjacent to an activating group) is 1. The molecular weight excluding hydrogens is 253 g/mol. The first kappa shape index (κ1) is 13.3. The van der Waals surface area contributed by atoms with Gasteiger partial charge in [0.1, 0.15) is 11.3 Å². The van der Waals surface area contributed by atoms with E-state index >= 15 is 0 Å². The van der Waals surface area contributed by atoms with Gasteiger partial charge in [-0.1, -0.05) is 6.07 Å². The van der Waals surface area contributed by atoms with Gasteiger partial charge in [-0.15, -0.1) is 11.6 Å². The van der Waals surface area contributed by atoms with Crippen molar-refractivity contribution in [1.29, 1.82) is 0 Å². The van der Waals surface area contributed by atoms with Crippen molar-refractivity contribution < 1.29 is 4.39 Å². The van der Waals surface area contributed by atoms with Gasteiger partial charge >= 0.3 is 0 Å². The van der Waals surface area contributed by atoms with Crippen LogP contribution in [-0.2, 0) is 6.54 Å². The summed E-state index contributed by atoms with van der Waals surface area (Å²) in [5.74, 6) is 0.424. The van der Waals surface area contributed by atoms with Gasteiger partial charge in [-0.25, -0.2) is 9.37 Å². The zero-order chi connectivity index (χ0) is 13.3. The van der Waals surface area contributed by atoms with Crippen molar-refractivity contribution in [2.45, 2.75) is 18.8 Å². The van der Waals surface area contributed by atoms with Gasteiger partial charge in [0.15, 0.2) is 5.82 Å². The molecule has 0 spiro atoms. The molecular formula is C13H17ClFN3. The molecule has 0 aliphatic rings. The molecule has 1 atom stereocenters. The van der Waals surface area contributed by atoms with Gasteiger partial charge in [0, 0.05) is 13.1 Å². The maximum Gasteiger partial charge on any atom is 0.151 e. The van der Waals surface area contributed by atoms with Crippen molar-refractivity contribution in [3.63, 3.8) is 0 Å². The van der Waals surface area contributed by atoms with Crippen molar-refractivity contribution in [1.82, 2.24) is 14.5 Å². The summed E-state index contributed by atoms with van der Waals surface area (Å²) in [6.45, 7) is 3.46. The van der Waals surface area contributed by atoms with Crippen LogP contribution in [0.15, 0.2) is 18.2 Å². The van der Waals surface area contributed by atoms with Crippen LogP contribution in [0.1, 0.15) is 18.1 Å². The zero-order valence-electron chi connectivity index (χ0n) is 10.8. The first-order chi connectivity index (χ1) is 8.50. The van der Waals surface area contributed by atoms with Crippen LogP contribution in [-0.4, -0.2) is 35.1 Å². The van der Waals surface area contributed by atoms with E-state index in [0.717, 1.165) is 24.4 Å².